The molecule has 1 unspecified atom stereocenters. The van der Waals surface area contributed by atoms with Gasteiger partial charge in [0, 0.05) is 19.1 Å². The predicted molar refractivity (Wildman–Crippen MR) is 91.3 cm³/mol. The number of rotatable bonds is 5. The van der Waals surface area contributed by atoms with Crippen molar-refractivity contribution in [1.82, 2.24) is 14.5 Å². The molecule has 1 atom stereocenters. The van der Waals surface area contributed by atoms with E-state index in [0.717, 1.165) is 42.9 Å². The normalized spacial score (nSPS) is 18.8. The van der Waals surface area contributed by atoms with Gasteiger partial charge in [0.2, 0.25) is 0 Å². The van der Waals surface area contributed by atoms with Gasteiger partial charge in [-0.15, -0.1) is 0 Å². The molecular formula is C18H27N3O. The molecule has 0 aliphatic carbocycles. The minimum Gasteiger partial charge on any atom is -0.306 e. The van der Waals surface area contributed by atoms with Gasteiger partial charge in [0.1, 0.15) is 0 Å². The number of hydrogen-bond acceptors (Lipinski definition) is 2. The van der Waals surface area contributed by atoms with Crippen LogP contribution in [0.5, 0.6) is 0 Å². The van der Waals surface area contributed by atoms with Crippen molar-refractivity contribution < 1.29 is 0 Å². The van der Waals surface area contributed by atoms with E-state index in [2.05, 4.69) is 23.7 Å². The minimum atomic E-state index is 0.0410. The number of imidazole rings is 1. The van der Waals surface area contributed by atoms with Crippen LogP contribution in [0.15, 0.2) is 29.1 Å². The van der Waals surface area contributed by atoms with Gasteiger partial charge >= 0.3 is 5.69 Å². The number of aromatic amines is 1. The van der Waals surface area contributed by atoms with Gasteiger partial charge in [-0.3, -0.25) is 4.57 Å². The van der Waals surface area contributed by atoms with Gasteiger partial charge < -0.3 is 9.88 Å². The molecule has 0 amide bonds. The third-order valence-corrected chi connectivity index (χ3v) is 5.18. The Morgan fingerprint density at radius 2 is 2.00 bits per heavy atom. The van der Waals surface area contributed by atoms with Crippen LogP contribution in [0.3, 0.4) is 0 Å². The Bertz CT molecular complexity index is 664. The molecule has 0 saturated carbocycles. The van der Waals surface area contributed by atoms with Crippen molar-refractivity contribution in [2.45, 2.75) is 45.6 Å². The summed E-state index contributed by atoms with van der Waals surface area (Å²) in [5.41, 5.74) is 2.04. The Hall–Kier alpha value is -1.55. The molecule has 2 heterocycles. The van der Waals surface area contributed by atoms with Crippen molar-refractivity contribution in [1.29, 1.82) is 0 Å². The van der Waals surface area contributed by atoms with Gasteiger partial charge in [-0.05, 0) is 43.9 Å². The second-order valence-corrected chi connectivity index (χ2v) is 6.69. The van der Waals surface area contributed by atoms with Gasteiger partial charge in [0.15, 0.2) is 0 Å². The Labute approximate surface area is 132 Å². The minimum absolute atomic E-state index is 0.0410. The molecule has 1 saturated heterocycles. The highest BCUT2D eigenvalue weighted by Gasteiger charge is 2.23. The smallest absolute Gasteiger partial charge is 0.306 e. The molecular weight excluding hydrogens is 274 g/mol. The summed E-state index contributed by atoms with van der Waals surface area (Å²) in [6.45, 7) is 8.00. The largest absolute Gasteiger partial charge is 0.326 e. The Morgan fingerprint density at radius 1 is 1.27 bits per heavy atom. The summed E-state index contributed by atoms with van der Waals surface area (Å²) in [7, 11) is 0. The van der Waals surface area contributed by atoms with Gasteiger partial charge in [0.05, 0.1) is 11.0 Å². The lowest BCUT2D eigenvalue weighted by atomic mass is 10.0. The average Bonchev–Trinajstić information content (AvgIpc) is 2.89. The second kappa shape index (κ2) is 6.69. The molecule has 4 heteroatoms. The van der Waals surface area contributed by atoms with Crippen LogP contribution in [0, 0.1) is 5.92 Å². The van der Waals surface area contributed by atoms with Crippen LogP contribution in [0.2, 0.25) is 0 Å². The molecule has 1 aromatic carbocycles. The summed E-state index contributed by atoms with van der Waals surface area (Å²) >= 11 is 0. The number of fused-ring (bicyclic) bond motifs is 1. The van der Waals surface area contributed by atoms with Crippen molar-refractivity contribution in [3.8, 4) is 0 Å². The molecule has 3 rings (SSSR count). The lowest BCUT2D eigenvalue weighted by Gasteiger charge is -2.33. The first kappa shape index (κ1) is 15.3. The molecule has 120 valence electrons. The number of hydrogen-bond donors (Lipinski definition) is 1. The molecule has 1 aliphatic rings. The molecule has 1 N–H and O–H groups in total. The fourth-order valence-corrected chi connectivity index (χ4v) is 3.44. The molecule has 22 heavy (non-hydrogen) atoms. The second-order valence-electron chi connectivity index (χ2n) is 6.69. The zero-order chi connectivity index (χ0) is 15.5. The van der Waals surface area contributed by atoms with E-state index >= 15 is 0 Å². The SMILES string of the molecule is CCC(C)CCN1CCC(n2c(=O)[nH]c3ccccc32)CC1. The summed E-state index contributed by atoms with van der Waals surface area (Å²) in [6.07, 6.45) is 4.69. The summed E-state index contributed by atoms with van der Waals surface area (Å²) in [4.78, 5) is 17.8. The zero-order valence-corrected chi connectivity index (χ0v) is 13.7. The zero-order valence-electron chi connectivity index (χ0n) is 13.7. The number of piperidine rings is 1. The monoisotopic (exact) mass is 301 g/mol. The number of benzene rings is 1. The molecule has 0 radical (unpaired) electrons. The standard InChI is InChI=1S/C18H27N3O/c1-3-14(2)8-11-20-12-9-15(10-13-20)21-17-7-5-4-6-16(17)19-18(21)22/h4-7,14-15H,3,8-13H2,1-2H3,(H,19,22). The maximum Gasteiger partial charge on any atom is 0.326 e. The van der Waals surface area contributed by atoms with Crippen molar-refractivity contribution >= 4 is 11.0 Å². The van der Waals surface area contributed by atoms with Crippen LogP contribution < -0.4 is 5.69 Å². The first-order chi connectivity index (χ1) is 10.7. The lowest BCUT2D eigenvalue weighted by Crippen LogP contribution is -2.37. The molecule has 1 fully saturated rings. The van der Waals surface area contributed by atoms with Crippen molar-refractivity contribution in [2.75, 3.05) is 19.6 Å². The number of para-hydroxylation sites is 2. The molecule has 2 aromatic rings. The molecule has 0 spiro atoms. The van der Waals surface area contributed by atoms with E-state index in [-0.39, 0.29) is 5.69 Å². The van der Waals surface area contributed by atoms with E-state index in [1.54, 1.807) is 0 Å². The predicted octanol–water partition coefficient (Wildman–Crippen LogP) is 3.40. The third kappa shape index (κ3) is 3.12. The number of nitrogens with one attached hydrogen (secondary N) is 1. The first-order valence-electron chi connectivity index (χ1n) is 8.60. The highest BCUT2D eigenvalue weighted by molar-refractivity contribution is 5.75. The van der Waals surface area contributed by atoms with E-state index in [4.69, 9.17) is 0 Å². The maximum absolute atomic E-state index is 12.3. The van der Waals surface area contributed by atoms with Gasteiger partial charge in [-0.25, -0.2) is 4.79 Å². The quantitative estimate of drug-likeness (QED) is 0.919. The molecule has 1 aromatic heterocycles. The van der Waals surface area contributed by atoms with Crippen LogP contribution in [0.1, 0.15) is 45.6 Å². The molecule has 4 nitrogen and oxygen atoms in total. The fourth-order valence-electron chi connectivity index (χ4n) is 3.44. The van der Waals surface area contributed by atoms with Crippen molar-refractivity contribution in [2.24, 2.45) is 5.92 Å². The summed E-state index contributed by atoms with van der Waals surface area (Å²) in [6, 6.07) is 8.34. The fraction of sp³-hybridized carbons (Fsp3) is 0.611. The van der Waals surface area contributed by atoms with Crippen LogP contribution in [0.25, 0.3) is 11.0 Å². The average molecular weight is 301 g/mol. The van der Waals surface area contributed by atoms with E-state index in [1.165, 1.54) is 19.4 Å². The van der Waals surface area contributed by atoms with Crippen LogP contribution in [-0.4, -0.2) is 34.1 Å². The van der Waals surface area contributed by atoms with Gasteiger partial charge in [-0.2, -0.15) is 0 Å². The highest BCUT2D eigenvalue weighted by Crippen LogP contribution is 2.25. The first-order valence-corrected chi connectivity index (χ1v) is 8.60. The summed E-state index contributed by atoms with van der Waals surface area (Å²) < 4.78 is 1.97. The van der Waals surface area contributed by atoms with Gasteiger partial charge in [0.25, 0.3) is 0 Å². The van der Waals surface area contributed by atoms with E-state index in [1.807, 2.05) is 28.8 Å². The number of aromatic nitrogens is 2. The molecule has 0 bridgehead atoms. The van der Waals surface area contributed by atoms with E-state index in [0.29, 0.717) is 6.04 Å². The Kier molecular flexibility index (Phi) is 4.67. The number of likely N-dealkylation sites (tertiary alicyclic amines) is 1. The summed E-state index contributed by atoms with van der Waals surface area (Å²) in [5, 5.41) is 0. The van der Waals surface area contributed by atoms with Crippen molar-refractivity contribution in [3.63, 3.8) is 0 Å². The van der Waals surface area contributed by atoms with E-state index in [9.17, 15) is 4.79 Å². The topological polar surface area (TPSA) is 41.0 Å². The van der Waals surface area contributed by atoms with Crippen LogP contribution >= 0.6 is 0 Å². The molecule has 1 aliphatic heterocycles. The Balaban J connectivity index is 1.66. The van der Waals surface area contributed by atoms with E-state index < -0.39 is 0 Å². The van der Waals surface area contributed by atoms with Gasteiger partial charge in [-0.1, -0.05) is 32.4 Å². The number of nitrogens with zero attached hydrogens (tertiary/aromatic N) is 2. The third-order valence-electron chi connectivity index (χ3n) is 5.18. The van der Waals surface area contributed by atoms with Crippen molar-refractivity contribution in [3.05, 3.63) is 34.7 Å². The Morgan fingerprint density at radius 3 is 2.73 bits per heavy atom. The lowest BCUT2D eigenvalue weighted by molar-refractivity contribution is 0.177. The van der Waals surface area contributed by atoms with Crippen LogP contribution in [0.4, 0.5) is 0 Å². The summed E-state index contributed by atoms with van der Waals surface area (Å²) in [5.74, 6) is 0.814. The highest BCUT2D eigenvalue weighted by atomic mass is 16.1. The number of H-pyrrole nitrogens is 1. The maximum atomic E-state index is 12.3. The van der Waals surface area contributed by atoms with Crippen LogP contribution in [-0.2, 0) is 0 Å².